The lowest BCUT2D eigenvalue weighted by atomic mass is 10.3. The maximum atomic E-state index is 13.1. The van der Waals surface area contributed by atoms with Gasteiger partial charge in [-0.05, 0) is 38.5 Å². The summed E-state index contributed by atoms with van der Waals surface area (Å²) in [6.07, 6.45) is 0. The Morgan fingerprint density at radius 1 is 1.58 bits per heavy atom. The van der Waals surface area contributed by atoms with Gasteiger partial charge in [0.15, 0.2) is 0 Å². The van der Waals surface area contributed by atoms with Crippen LogP contribution in [0.2, 0.25) is 5.02 Å². The van der Waals surface area contributed by atoms with E-state index in [1.54, 1.807) is 0 Å². The SMILES string of the molecule is O=C(O)CSc1nnnn1-c1c(Cl)cc(F)cc1Br. The first kappa shape index (κ1) is 14.2. The van der Waals surface area contributed by atoms with Gasteiger partial charge in [0.1, 0.15) is 11.5 Å². The van der Waals surface area contributed by atoms with E-state index in [1.165, 1.54) is 10.7 Å². The summed E-state index contributed by atoms with van der Waals surface area (Å²) < 4.78 is 14.8. The third-order valence-corrected chi connectivity index (χ3v) is 3.76. The van der Waals surface area contributed by atoms with Gasteiger partial charge in [-0.15, -0.1) is 5.10 Å². The number of thioether (sulfide) groups is 1. The van der Waals surface area contributed by atoms with Crippen molar-refractivity contribution in [2.24, 2.45) is 0 Å². The second-order valence-corrected chi connectivity index (χ2v) is 5.48. The maximum absolute atomic E-state index is 13.1. The normalized spacial score (nSPS) is 10.7. The second-order valence-electron chi connectivity index (χ2n) is 3.27. The van der Waals surface area contributed by atoms with Crippen LogP contribution in [0, 0.1) is 5.82 Å². The Hall–Kier alpha value is -1.19. The lowest BCUT2D eigenvalue weighted by molar-refractivity contribution is -0.133. The Balaban J connectivity index is 2.43. The first-order valence-corrected chi connectivity index (χ1v) is 6.92. The van der Waals surface area contributed by atoms with Crippen LogP contribution in [-0.2, 0) is 4.79 Å². The van der Waals surface area contributed by atoms with Crippen LogP contribution in [0.15, 0.2) is 21.8 Å². The molecule has 0 amide bonds. The molecule has 1 N–H and O–H groups in total. The number of carboxylic acid groups (broad SMARTS) is 1. The van der Waals surface area contributed by atoms with Crippen LogP contribution in [0.4, 0.5) is 4.39 Å². The molecule has 0 unspecified atom stereocenters. The molecule has 0 spiro atoms. The van der Waals surface area contributed by atoms with Gasteiger partial charge in [0, 0.05) is 4.47 Å². The Morgan fingerprint density at radius 2 is 2.32 bits per heavy atom. The molecule has 1 aromatic heterocycles. The zero-order valence-electron chi connectivity index (χ0n) is 9.05. The smallest absolute Gasteiger partial charge is 0.313 e. The summed E-state index contributed by atoms with van der Waals surface area (Å²) in [5.74, 6) is -1.70. The van der Waals surface area contributed by atoms with Crippen molar-refractivity contribution >= 4 is 45.3 Å². The average molecular weight is 368 g/mol. The van der Waals surface area contributed by atoms with Crippen molar-refractivity contribution < 1.29 is 14.3 Å². The number of aromatic nitrogens is 4. The van der Waals surface area contributed by atoms with E-state index in [-0.39, 0.29) is 15.9 Å². The fourth-order valence-electron chi connectivity index (χ4n) is 1.27. The summed E-state index contributed by atoms with van der Waals surface area (Å²) in [7, 11) is 0. The molecule has 0 saturated heterocycles. The summed E-state index contributed by atoms with van der Waals surface area (Å²) in [4.78, 5) is 10.5. The molecule has 0 aliphatic rings. The van der Waals surface area contributed by atoms with Crippen molar-refractivity contribution in [3.8, 4) is 5.69 Å². The summed E-state index contributed by atoms with van der Waals surface area (Å²) >= 11 is 10.0. The van der Waals surface area contributed by atoms with Gasteiger partial charge in [0.2, 0.25) is 5.16 Å². The zero-order chi connectivity index (χ0) is 14.0. The molecule has 0 aliphatic heterocycles. The van der Waals surface area contributed by atoms with Gasteiger partial charge in [-0.25, -0.2) is 4.39 Å². The Bertz CT molecular complexity index is 615. The molecule has 10 heteroatoms. The van der Waals surface area contributed by atoms with E-state index in [0.29, 0.717) is 10.2 Å². The number of nitrogens with zero attached hydrogens (tertiary/aromatic N) is 4. The van der Waals surface area contributed by atoms with E-state index in [2.05, 4.69) is 31.5 Å². The minimum atomic E-state index is -0.996. The fourth-order valence-corrected chi connectivity index (χ4v) is 2.87. The number of aliphatic carboxylic acids is 1. The van der Waals surface area contributed by atoms with Crippen LogP contribution >= 0.6 is 39.3 Å². The van der Waals surface area contributed by atoms with E-state index in [9.17, 15) is 9.18 Å². The highest BCUT2D eigenvalue weighted by Crippen LogP contribution is 2.31. The van der Waals surface area contributed by atoms with Gasteiger partial charge in [-0.2, -0.15) is 4.68 Å². The second kappa shape index (κ2) is 5.85. The van der Waals surface area contributed by atoms with Gasteiger partial charge in [-0.3, -0.25) is 4.79 Å². The molecule has 0 saturated carbocycles. The molecule has 0 fully saturated rings. The fraction of sp³-hybridized carbons (Fsp3) is 0.111. The topological polar surface area (TPSA) is 80.9 Å². The molecule has 100 valence electrons. The minimum absolute atomic E-state index is 0.108. The highest BCUT2D eigenvalue weighted by molar-refractivity contribution is 9.10. The van der Waals surface area contributed by atoms with Crippen molar-refractivity contribution in [3.05, 3.63) is 27.4 Å². The lowest BCUT2D eigenvalue weighted by Gasteiger charge is -2.08. The number of benzene rings is 1. The van der Waals surface area contributed by atoms with E-state index in [1.807, 2.05) is 0 Å². The van der Waals surface area contributed by atoms with Crippen LogP contribution in [0.3, 0.4) is 0 Å². The first-order valence-electron chi connectivity index (χ1n) is 4.77. The van der Waals surface area contributed by atoms with Crippen LogP contribution < -0.4 is 0 Å². The summed E-state index contributed by atoms with van der Waals surface area (Å²) in [5.41, 5.74) is 0.348. The number of carbonyl (C=O) groups is 1. The quantitative estimate of drug-likeness (QED) is 0.836. The number of hydrogen-bond acceptors (Lipinski definition) is 5. The number of carboxylic acids is 1. The average Bonchev–Trinajstić information content (AvgIpc) is 2.73. The van der Waals surface area contributed by atoms with Gasteiger partial charge >= 0.3 is 5.97 Å². The highest BCUT2D eigenvalue weighted by Gasteiger charge is 2.17. The standard InChI is InChI=1S/C9H5BrClFN4O2S/c10-5-1-4(12)2-6(11)8(5)16-9(13-14-15-16)19-3-7(17)18/h1-2H,3H2,(H,17,18). The van der Waals surface area contributed by atoms with Crippen molar-refractivity contribution in [1.82, 2.24) is 20.2 Å². The summed E-state index contributed by atoms with van der Waals surface area (Å²) in [6.45, 7) is 0. The molecule has 0 aliphatic carbocycles. The van der Waals surface area contributed by atoms with Crippen molar-refractivity contribution in [2.45, 2.75) is 5.16 Å². The molecular weight excluding hydrogens is 363 g/mol. The van der Waals surface area contributed by atoms with Crippen LogP contribution in [0.5, 0.6) is 0 Å². The Morgan fingerprint density at radius 3 is 2.95 bits per heavy atom. The molecule has 6 nitrogen and oxygen atoms in total. The van der Waals surface area contributed by atoms with Gasteiger partial charge in [-0.1, -0.05) is 23.4 Å². The monoisotopic (exact) mass is 366 g/mol. The third-order valence-electron chi connectivity index (χ3n) is 1.96. The van der Waals surface area contributed by atoms with E-state index in [0.717, 1.165) is 17.8 Å². The number of tetrazole rings is 1. The molecule has 2 rings (SSSR count). The molecule has 1 heterocycles. The molecule has 0 atom stereocenters. The number of rotatable bonds is 4. The minimum Gasteiger partial charge on any atom is -0.481 e. The predicted octanol–water partition coefficient (Wildman–Crippen LogP) is 2.39. The van der Waals surface area contributed by atoms with E-state index >= 15 is 0 Å². The molecule has 0 radical (unpaired) electrons. The highest BCUT2D eigenvalue weighted by atomic mass is 79.9. The van der Waals surface area contributed by atoms with Crippen LogP contribution in [0.1, 0.15) is 0 Å². The summed E-state index contributed by atoms with van der Waals surface area (Å²) in [6, 6.07) is 2.34. The van der Waals surface area contributed by atoms with Crippen molar-refractivity contribution in [3.63, 3.8) is 0 Å². The number of halogens is 3. The third kappa shape index (κ3) is 3.23. The summed E-state index contributed by atoms with van der Waals surface area (Å²) in [5, 5.41) is 19.9. The number of hydrogen-bond donors (Lipinski definition) is 1. The molecule has 2 aromatic rings. The van der Waals surface area contributed by atoms with Gasteiger partial charge < -0.3 is 5.11 Å². The Kier molecular flexibility index (Phi) is 4.38. The molecule has 0 bridgehead atoms. The maximum Gasteiger partial charge on any atom is 0.313 e. The van der Waals surface area contributed by atoms with E-state index in [4.69, 9.17) is 16.7 Å². The van der Waals surface area contributed by atoms with Crippen molar-refractivity contribution in [2.75, 3.05) is 5.75 Å². The first-order chi connectivity index (χ1) is 8.99. The zero-order valence-corrected chi connectivity index (χ0v) is 12.2. The van der Waals surface area contributed by atoms with Gasteiger partial charge in [0.25, 0.3) is 0 Å². The molecular formula is C9H5BrClFN4O2S. The lowest BCUT2D eigenvalue weighted by Crippen LogP contribution is -2.04. The molecule has 1 aromatic carbocycles. The van der Waals surface area contributed by atoms with Gasteiger partial charge in [0.05, 0.1) is 10.8 Å². The Labute approximate surface area is 124 Å². The van der Waals surface area contributed by atoms with Crippen LogP contribution in [0.25, 0.3) is 5.69 Å². The molecule has 19 heavy (non-hydrogen) atoms. The van der Waals surface area contributed by atoms with Crippen LogP contribution in [-0.4, -0.2) is 37.0 Å². The largest absolute Gasteiger partial charge is 0.481 e. The van der Waals surface area contributed by atoms with Crippen molar-refractivity contribution in [1.29, 1.82) is 0 Å². The van der Waals surface area contributed by atoms with E-state index < -0.39 is 11.8 Å². The predicted molar refractivity (Wildman–Crippen MR) is 70.2 cm³/mol.